The Labute approximate surface area is 264 Å². The topological polar surface area (TPSA) is 77.1 Å². The van der Waals surface area contributed by atoms with Crippen LogP contribution >= 0.6 is 11.8 Å². The van der Waals surface area contributed by atoms with Crippen LogP contribution in [0.3, 0.4) is 0 Å². The summed E-state index contributed by atoms with van der Waals surface area (Å²) in [5.41, 5.74) is 6.40. The Balaban J connectivity index is 1.15. The molecule has 230 valence electrons. The first-order chi connectivity index (χ1) is 21.1. The highest BCUT2D eigenvalue weighted by molar-refractivity contribution is 8.18. The second-order valence-corrected chi connectivity index (χ2v) is 13.5. The molecule has 3 heterocycles. The summed E-state index contributed by atoms with van der Waals surface area (Å²) in [6.07, 6.45) is 3.94. The van der Waals surface area contributed by atoms with Gasteiger partial charge >= 0.3 is 0 Å². The molecule has 3 aromatic rings. The molecule has 0 aliphatic carbocycles. The van der Waals surface area contributed by atoms with E-state index in [4.69, 9.17) is 14.2 Å². The molecular formula is C36H40N2O5S. The Morgan fingerprint density at radius 2 is 1.75 bits per heavy atom. The first-order valence-corrected chi connectivity index (χ1v) is 16.1. The molecule has 3 aromatic carbocycles. The van der Waals surface area contributed by atoms with Crippen molar-refractivity contribution in [3.8, 4) is 17.2 Å². The fourth-order valence-corrected chi connectivity index (χ4v) is 7.27. The lowest BCUT2D eigenvalue weighted by atomic mass is 9.82. The van der Waals surface area contributed by atoms with Gasteiger partial charge in [0.15, 0.2) is 0 Å². The lowest BCUT2D eigenvalue weighted by Gasteiger charge is -2.33. The number of thioether (sulfide) groups is 1. The van der Waals surface area contributed by atoms with Crippen molar-refractivity contribution in [2.24, 2.45) is 0 Å². The predicted molar refractivity (Wildman–Crippen MR) is 175 cm³/mol. The van der Waals surface area contributed by atoms with Gasteiger partial charge in [-0.05, 0) is 112 Å². The van der Waals surface area contributed by atoms with E-state index < -0.39 is 0 Å². The minimum absolute atomic E-state index is 0.196. The molecule has 7 nitrogen and oxygen atoms in total. The lowest BCUT2D eigenvalue weighted by molar-refractivity contribution is -0.115. The third-order valence-electron chi connectivity index (χ3n) is 9.19. The maximum Gasteiger partial charge on any atom is 0.290 e. The summed E-state index contributed by atoms with van der Waals surface area (Å²) in [4.78, 5) is 26.3. The molecular weight excluding hydrogens is 572 g/mol. The number of carbonyl (C=O) groups excluding carboxylic acids is 2. The van der Waals surface area contributed by atoms with Crippen LogP contribution < -0.4 is 19.5 Å². The molecule has 2 atom stereocenters. The third-order valence-corrected chi connectivity index (χ3v) is 10.0. The van der Waals surface area contributed by atoms with Crippen molar-refractivity contribution in [1.82, 2.24) is 10.2 Å². The van der Waals surface area contributed by atoms with Crippen molar-refractivity contribution >= 4 is 29.0 Å². The van der Waals surface area contributed by atoms with Gasteiger partial charge in [-0.15, -0.1) is 0 Å². The van der Waals surface area contributed by atoms with E-state index in [1.807, 2.05) is 42.5 Å². The Morgan fingerprint density at radius 3 is 2.45 bits per heavy atom. The minimum Gasteiger partial charge on any atom is -0.492 e. The van der Waals surface area contributed by atoms with E-state index in [2.05, 4.69) is 57.0 Å². The molecule has 2 saturated heterocycles. The van der Waals surface area contributed by atoms with Gasteiger partial charge in [-0.25, -0.2) is 0 Å². The summed E-state index contributed by atoms with van der Waals surface area (Å²) in [7, 11) is 0. The van der Waals surface area contributed by atoms with E-state index in [0.29, 0.717) is 24.2 Å². The Bertz CT molecular complexity index is 1600. The molecule has 8 heteroatoms. The Hall–Kier alpha value is -3.75. The summed E-state index contributed by atoms with van der Waals surface area (Å²) in [5.74, 6) is 2.62. The average Bonchev–Trinajstić information content (AvgIpc) is 3.66. The maximum absolute atomic E-state index is 11.9. The lowest BCUT2D eigenvalue weighted by Crippen LogP contribution is -2.42. The van der Waals surface area contributed by atoms with Gasteiger partial charge in [-0.2, -0.15) is 0 Å². The number of benzene rings is 3. The average molecular weight is 613 g/mol. The van der Waals surface area contributed by atoms with Gasteiger partial charge in [0.2, 0.25) is 0 Å². The van der Waals surface area contributed by atoms with E-state index in [9.17, 15) is 9.59 Å². The van der Waals surface area contributed by atoms with Crippen LogP contribution in [0.4, 0.5) is 4.79 Å². The van der Waals surface area contributed by atoms with Crippen molar-refractivity contribution in [2.45, 2.75) is 71.6 Å². The quantitative estimate of drug-likeness (QED) is 0.254. The molecule has 3 aliphatic rings. The van der Waals surface area contributed by atoms with E-state index in [0.717, 1.165) is 77.2 Å². The van der Waals surface area contributed by atoms with Crippen LogP contribution in [0.15, 0.2) is 59.5 Å². The van der Waals surface area contributed by atoms with Gasteiger partial charge in [-0.1, -0.05) is 42.5 Å². The van der Waals surface area contributed by atoms with Gasteiger partial charge < -0.3 is 14.2 Å². The van der Waals surface area contributed by atoms with Gasteiger partial charge in [0.25, 0.3) is 11.1 Å². The fourth-order valence-electron chi connectivity index (χ4n) is 6.59. The number of ether oxygens (including phenoxy) is 3. The van der Waals surface area contributed by atoms with Crippen LogP contribution in [0, 0.1) is 20.8 Å². The molecule has 2 fully saturated rings. The molecule has 0 aromatic heterocycles. The molecule has 2 unspecified atom stereocenters. The first-order valence-electron chi connectivity index (χ1n) is 15.3. The molecule has 2 amide bonds. The Morgan fingerprint density at radius 1 is 1.00 bits per heavy atom. The number of nitrogens with one attached hydrogen (secondary N) is 1. The van der Waals surface area contributed by atoms with Crippen LogP contribution in [0.2, 0.25) is 0 Å². The monoisotopic (exact) mass is 612 g/mol. The van der Waals surface area contributed by atoms with E-state index in [1.54, 1.807) is 6.08 Å². The summed E-state index contributed by atoms with van der Waals surface area (Å²) in [6, 6.07) is 18.3. The van der Waals surface area contributed by atoms with Gasteiger partial charge in [0.1, 0.15) is 36.1 Å². The number of nitrogens with zero attached hydrogens (tertiary/aromatic N) is 1. The zero-order chi connectivity index (χ0) is 31.0. The van der Waals surface area contributed by atoms with Gasteiger partial charge in [0, 0.05) is 24.1 Å². The number of imide groups is 1. The zero-order valence-corrected chi connectivity index (χ0v) is 26.9. The predicted octanol–water partition coefficient (Wildman–Crippen LogP) is 7.31. The van der Waals surface area contributed by atoms with Crippen molar-refractivity contribution in [2.75, 3.05) is 19.7 Å². The summed E-state index contributed by atoms with van der Waals surface area (Å²) >= 11 is 0.922. The van der Waals surface area contributed by atoms with Crippen LogP contribution in [0.1, 0.15) is 66.0 Å². The van der Waals surface area contributed by atoms with Crippen LogP contribution in [-0.2, 0) is 11.4 Å². The largest absolute Gasteiger partial charge is 0.492 e. The van der Waals surface area contributed by atoms with Crippen LogP contribution in [-0.4, -0.2) is 47.4 Å². The number of likely N-dealkylation sites (tertiary alicyclic amines) is 1. The number of hydrogen-bond donors (Lipinski definition) is 1. The van der Waals surface area contributed by atoms with Gasteiger partial charge in [0.05, 0.1) is 4.91 Å². The van der Waals surface area contributed by atoms with E-state index >= 15 is 0 Å². The van der Waals surface area contributed by atoms with Crippen molar-refractivity contribution in [3.05, 3.63) is 92.9 Å². The number of hydrogen-bond acceptors (Lipinski definition) is 7. The van der Waals surface area contributed by atoms with Gasteiger partial charge in [-0.3, -0.25) is 19.8 Å². The molecule has 0 radical (unpaired) electrons. The fraction of sp³-hybridized carbons (Fsp3) is 0.389. The maximum atomic E-state index is 11.9. The molecule has 0 spiro atoms. The SMILES string of the molecule is Cc1c(C)c2c(c(C)c1OCc1ccccc1)C(CN1CCCC1COc1ccc(/C=C3/SC(=O)NC3=O)cc1)C(C)(C)O2. The molecule has 0 bridgehead atoms. The normalized spacial score (nSPS) is 21.8. The highest BCUT2D eigenvalue weighted by Gasteiger charge is 2.46. The number of fused-ring (bicyclic) bond motifs is 1. The first kappa shape index (κ1) is 30.3. The molecule has 6 rings (SSSR count). The standard InChI is InChI=1S/C36H40N2O5S/c1-22-23(2)33-31(24(3)32(22)42-20-26-10-7-6-8-11-26)29(36(4,5)43-33)19-38-17-9-12-27(38)21-41-28-15-13-25(14-16-28)18-30-34(39)37-35(40)44-30/h6-8,10-11,13-16,18,27,29H,9,12,17,19-21H2,1-5H3,(H,37,39,40)/b30-18+. The van der Waals surface area contributed by atoms with Crippen LogP contribution in [0.25, 0.3) is 6.08 Å². The number of amides is 2. The van der Waals surface area contributed by atoms with E-state index in [1.165, 1.54) is 11.1 Å². The molecule has 44 heavy (non-hydrogen) atoms. The highest BCUT2D eigenvalue weighted by atomic mass is 32.2. The Kier molecular flexibility index (Phi) is 8.49. The van der Waals surface area contributed by atoms with Crippen molar-refractivity contribution < 1.29 is 23.8 Å². The molecule has 3 aliphatic heterocycles. The minimum atomic E-state index is -0.350. The highest BCUT2D eigenvalue weighted by Crippen LogP contribution is 2.52. The number of carbonyl (C=O) groups is 2. The zero-order valence-electron chi connectivity index (χ0n) is 26.1. The summed E-state index contributed by atoms with van der Waals surface area (Å²) in [5, 5.41) is 1.95. The second kappa shape index (κ2) is 12.3. The summed E-state index contributed by atoms with van der Waals surface area (Å²) < 4.78 is 19.5. The van der Waals surface area contributed by atoms with Crippen molar-refractivity contribution in [3.63, 3.8) is 0 Å². The number of rotatable bonds is 9. The molecule has 0 saturated carbocycles. The van der Waals surface area contributed by atoms with E-state index in [-0.39, 0.29) is 22.7 Å². The summed E-state index contributed by atoms with van der Waals surface area (Å²) in [6.45, 7) is 13.9. The van der Waals surface area contributed by atoms with Crippen LogP contribution in [0.5, 0.6) is 17.2 Å². The third kappa shape index (κ3) is 6.10. The van der Waals surface area contributed by atoms with Crippen molar-refractivity contribution in [1.29, 1.82) is 0 Å². The second-order valence-electron chi connectivity index (χ2n) is 12.5. The smallest absolute Gasteiger partial charge is 0.290 e. The molecule has 1 N–H and O–H groups in total.